The predicted octanol–water partition coefficient (Wildman–Crippen LogP) is 3.93. The summed E-state index contributed by atoms with van der Waals surface area (Å²) in [6, 6.07) is 15.7. The normalized spacial score (nSPS) is 13.3. The molecule has 2 heterocycles. The summed E-state index contributed by atoms with van der Waals surface area (Å²) in [6.45, 7) is 0.312. The summed E-state index contributed by atoms with van der Waals surface area (Å²) in [5, 5.41) is 16.4. The van der Waals surface area contributed by atoms with Crippen LogP contribution < -0.4 is 14.8 Å². The zero-order valence-electron chi connectivity index (χ0n) is 18.6. The van der Waals surface area contributed by atoms with Crippen molar-refractivity contribution in [2.75, 3.05) is 19.5 Å². The van der Waals surface area contributed by atoms with E-state index < -0.39 is 5.91 Å². The summed E-state index contributed by atoms with van der Waals surface area (Å²) >= 11 is 5.70. The Morgan fingerprint density at radius 2 is 1.76 bits per heavy atom. The molecule has 0 atom stereocenters. The van der Waals surface area contributed by atoms with Gasteiger partial charge in [0.25, 0.3) is 5.91 Å². The van der Waals surface area contributed by atoms with Crippen LogP contribution in [0.25, 0.3) is 0 Å². The fourth-order valence-corrected chi connectivity index (χ4v) is 3.55. The van der Waals surface area contributed by atoms with Gasteiger partial charge in [-0.05, 0) is 48.0 Å². The number of nitrogens with one attached hydrogen (secondary N) is 1. The van der Waals surface area contributed by atoms with E-state index in [1.807, 2.05) is 30.3 Å². The Morgan fingerprint density at radius 3 is 2.44 bits per heavy atom. The Balaban J connectivity index is 1.45. The smallest absolute Gasteiger partial charge is 0.276 e. The highest BCUT2D eigenvalue weighted by molar-refractivity contribution is 6.29. The van der Waals surface area contributed by atoms with E-state index in [1.54, 1.807) is 26.4 Å². The summed E-state index contributed by atoms with van der Waals surface area (Å²) in [6.07, 6.45) is 0.910. The third-order valence-corrected chi connectivity index (χ3v) is 5.43. The number of rotatable bonds is 7. The first-order valence-electron chi connectivity index (χ1n) is 10.5. The highest BCUT2D eigenvalue weighted by Crippen LogP contribution is 2.29. The third kappa shape index (κ3) is 5.32. The minimum Gasteiger partial charge on any atom is -0.493 e. The van der Waals surface area contributed by atoms with E-state index in [2.05, 4.69) is 20.6 Å². The second kappa shape index (κ2) is 10.3. The molecule has 1 aromatic heterocycles. The van der Waals surface area contributed by atoms with E-state index >= 15 is 0 Å². The van der Waals surface area contributed by atoms with Gasteiger partial charge in [-0.2, -0.15) is 5.10 Å². The molecule has 0 saturated heterocycles. The van der Waals surface area contributed by atoms with Crippen LogP contribution in [0.2, 0.25) is 5.15 Å². The number of carbonyl (C=O) groups excluding carboxylic acids is 2. The number of hydrazone groups is 1. The second-order valence-electron chi connectivity index (χ2n) is 7.46. The summed E-state index contributed by atoms with van der Waals surface area (Å²) in [7, 11) is 3.16. The molecule has 0 unspecified atom stereocenters. The van der Waals surface area contributed by atoms with Gasteiger partial charge in [0, 0.05) is 24.1 Å². The highest BCUT2D eigenvalue weighted by Gasteiger charge is 2.22. The number of ether oxygens (including phenoxy) is 2. The van der Waals surface area contributed by atoms with Crippen LogP contribution in [0.4, 0.5) is 5.69 Å². The Kier molecular flexibility index (Phi) is 7.03. The molecule has 0 aliphatic carbocycles. The summed E-state index contributed by atoms with van der Waals surface area (Å²) in [5.74, 6) is 0.787. The molecule has 1 N–H and O–H groups in total. The lowest BCUT2D eigenvalue weighted by Crippen LogP contribution is -2.31. The highest BCUT2D eigenvalue weighted by atomic mass is 35.5. The van der Waals surface area contributed by atoms with Crippen molar-refractivity contribution in [1.82, 2.24) is 15.2 Å². The van der Waals surface area contributed by atoms with Crippen LogP contribution in [0.1, 0.15) is 34.5 Å². The van der Waals surface area contributed by atoms with Crippen LogP contribution in [0.15, 0.2) is 59.7 Å². The van der Waals surface area contributed by atoms with Crippen molar-refractivity contribution < 1.29 is 19.1 Å². The number of methoxy groups -OCH3 is 2. The van der Waals surface area contributed by atoms with Gasteiger partial charge in [-0.1, -0.05) is 23.7 Å². The number of halogens is 1. The van der Waals surface area contributed by atoms with Gasteiger partial charge in [-0.15, -0.1) is 10.2 Å². The van der Waals surface area contributed by atoms with E-state index in [0.717, 1.165) is 16.8 Å². The van der Waals surface area contributed by atoms with Crippen molar-refractivity contribution in [2.24, 2.45) is 5.10 Å². The van der Waals surface area contributed by atoms with Gasteiger partial charge in [0.05, 0.1) is 26.5 Å². The molecule has 0 spiro atoms. The topological polar surface area (TPSA) is 106 Å². The fourth-order valence-electron chi connectivity index (χ4n) is 3.45. The molecule has 10 heteroatoms. The lowest BCUT2D eigenvalue weighted by atomic mass is 10.0. The maximum atomic E-state index is 12.5. The first kappa shape index (κ1) is 23.2. The molecule has 9 nitrogen and oxygen atoms in total. The number of anilines is 1. The molecule has 174 valence electrons. The van der Waals surface area contributed by atoms with Crippen molar-refractivity contribution in [3.8, 4) is 11.5 Å². The molecule has 2 amide bonds. The van der Waals surface area contributed by atoms with E-state index in [1.165, 1.54) is 17.1 Å². The summed E-state index contributed by atoms with van der Waals surface area (Å²) in [4.78, 5) is 24.8. The van der Waals surface area contributed by atoms with Crippen molar-refractivity contribution in [3.63, 3.8) is 0 Å². The van der Waals surface area contributed by atoms with Crippen molar-refractivity contribution >= 4 is 34.8 Å². The Hall–Kier alpha value is -3.98. The molecule has 3 aromatic rings. The van der Waals surface area contributed by atoms with Crippen molar-refractivity contribution in [1.29, 1.82) is 0 Å². The quantitative estimate of drug-likeness (QED) is 0.550. The lowest BCUT2D eigenvalue weighted by Gasteiger charge is -2.24. The molecule has 2 aromatic carbocycles. The number of hydrogen-bond acceptors (Lipinski definition) is 7. The van der Waals surface area contributed by atoms with Crippen LogP contribution in [0, 0.1) is 0 Å². The standard InChI is InChI=1S/C24H22ClN5O4/c1-33-20-10-5-16(13-21(20)34-2)18-9-12-23(31)30(29-18)14-15-3-6-17(7-4-15)26-24(32)19-8-11-22(25)28-27-19/h3-8,10-11,13H,9,12,14H2,1-2H3,(H,26,32). The lowest BCUT2D eigenvalue weighted by molar-refractivity contribution is -0.132. The molecule has 0 fully saturated rings. The number of amides is 2. The molecule has 1 aliphatic heterocycles. The summed E-state index contributed by atoms with van der Waals surface area (Å²) < 4.78 is 10.7. The predicted molar refractivity (Wildman–Crippen MR) is 127 cm³/mol. The van der Waals surface area contributed by atoms with Gasteiger partial charge in [-0.25, -0.2) is 5.01 Å². The Morgan fingerprint density at radius 1 is 1.00 bits per heavy atom. The Labute approximate surface area is 201 Å². The molecular weight excluding hydrogens is 458 g/mol. The minimum atomic E-state index is -0.396. The molecule has 1 aliphatic rings. The Bertz CT molecular complexity index is 1230. The summed E-state index contributed by atoms with van der Waals surface area (Å²) in [5.41, 5.74) is 3.29. The van der Waals surface area contributed by atoms with E-state index in [0.29, 0.717) is 36.6 Å². The number of nitrogens with zero attached hydrogens (tertiary/aromatic N) is 4. The molecule has 0 saturated carbocycles. The number of carbonyl (C=O) groups is 2. The van der Waals surface area contributed by atoms with Crippen LogP contribution >= 0.6 is 11.6 Å². The third-order valence-electron chi connectivity index (χ3n) is 5.23. The monoisotopic (exact) mass is 479 g/mol. The van der Waals surface area contributed by atoms with Crippen molar-refractivity contribution in [3.05, 3.63) is 76.6 Å². The van der Waals surface area contributed by atoms with E-state index in [9.17, 15) is 9.59 Å². The molecular formula is C24H22ClN5O4. The number of aromatic nitrogens is 2. The first-order chi connectivity index (χ1) is 16.5. The average Bonchev–Trinajstić information content (AvgIpc) is 2.86. The number of hydrogen-bond donors (Lipinski definition) is 1. The van der Waals surface area contributed by atoms with Gasteiger partial charge in [-0.3, -0.25) is 9.59 Å². The van der Waals surface area contributed by atoms with Gasteiger partial charge in [0.1, 0.15) is 0 Å². The zero-order chi connectivity index (χ0) is 24.1. The van der Waals surface area contributed by atoms with Crippen LogP contribution in [0.3, 0.4) is 0 Å². The van der Waals surface area contributed by atoms with Gasteiger partial charge < -0.3 is 14.8 Å². The molecule has 34 heavy (non-hydrogen) atoms. The molecule has 0 radical (unpaired) electrons. The van der Waals surface area contributed by atoms with Crippen LogP contribution in [-0.4, -0.2) is 47.0 Å². The zero-order valence-corrected chi connectivity index (χ0v) is 19.4. The first-order valence-corrected chi connectivity index (χ1v) is 10.8. The van der Waals surface area contributed by atoms with Gasteiger partial charge >= 0.3 is 0 Å². The largest absolute Gasteiger partial charge is 0.493 e. The maximum Gasteiger partial charge on any atom is 0.276 e. The average molecular weight is 480 g/mol. The van der Waals surface area contributed by atoms with Gasteiger partial charge in [0.2, 0.25) is 5.91 Å². The number of benzene rings is 2. The van der Waals surface area contributed by atoms with Crippen LogP contribution in [-0.2, 0) is 11.3 Å². The fraction of sp³-hybridized carbons (Fsp3) is 0.208. The molecule has 0 bridgehead atoms. The van der Waals surface area contributed by atoms with Crippen LogP contribution in [0.5, 0.6) is 11.5 Å². The minimum absolute atomic E-state index is 0.0529. The van der Waals surface area contributed by atoms with Gasteiger partial charge in [0.15, 0.2) is 22.3 Å². The molecule has 4 rings (SSSR count). The SMILES string of the molecule is COc1ccc(C2=NN(Cc3ccc(NC(=O)c4ccc(Cl)nn4)cc3)C(=O)CC2)cc1OC. The maximum absolute atomic E-state index is 12.5. The second-order valence-corrected chi connectivity index (χ2v) is 7.85. The van der Waals surface area contributed by atoms with E-state index in [4.69, 9.17) is 21.1 Å². The van der Waals surface area contributed by atoms with Crippen molar-refractivity contribution in [2.45, 2.75) is 19.4 Å². The van der Waals surface area contributed by atoms with E-state index in [-0.39, 0.29) is 16.8 Å².